The number of carboxylic acids is 1. The third kappa shape index (κ3) is 3.29. The second-order valence-electron chi connectivity index (χ2n) is 4.42. The predicted octanol–water partition coefficient (Wildman–Crippen LogP) is 1.80. The van der Waals surface area contributed by atoms with Gasteiger partial charge in [0.1, 0.15) is 5.82 Å². The van der Waals surface area contributed by atoms with Crippen molar-refractivity contribution in [3.63, 3.8) is 0 Å². The van der Waals surface area contributed by atoms with Crippen molar-refractivity contribution in [2.75, 3.05) is 6.26 Å². The maximum Gasteiger partial charge on any atom is 0.306 e. The molecule has 1 N–H and O–H groups in total. The number of aryl methyl sites for hydroxylation is 1. The first-order chi connectivity index (χ1) is 8.12. The highest BCUT2D eigenvalue weighted by Crippen LogP contribution is 2.22. The third-order valence-electron chi connectivity index (χ3n) is 2.69. The molecule has 1 atom stereocenters. The van der Waals surface area contributed by atoms with Crippen LogP contribution in [0.3, 0.4) is 0 Å². The number of sulfone groups is 1. The van der Waals surface area contributed by atoms with Crippen molar-refractivity contribution in [2.45, 2.75) is 25.2 Å². The molecule has 0 aromatic heterocycles. The van der Waals surface area contributed by atoms with E-state index in [9.17, 15) is 17.6 Å². The van der Waals surface area contributed by atoms with Gasteiger partial charge in [0.15, 0.2) is 9.84 Å². The van der Waals surface area contributed by atoms with Crippen molar-refractivity contribution in [3.05, 3.63) is 29.1 Å². The minimum atomic E-state index is -3.44. The van der Waals surface area contributed by atoms with Gasteiger partial charge in [-0.15, -0.1) is 0 Å². The van der Waals surface area contributed by atoms with Gasteiger partial charge in [-0.25, -0.2) is 12.8 Å². The summed E-state index contributed by atoms with van der Waals surface area (Å²) in [6.45, 7) is 2.95. The van der Waals surface area contributed by atoms with Gasteiger partial charge in [-0.3, -0.25) is 4.79 Å². The van der Waals surface area contributed by atoms with Crippen LogP contribution >= 0.6 is 0 Å². The van der Waals surface area contributed by atoms with Gasteiger partial charge in [0, 0.05) is 6.26 Å². The van der Waals surface area contributed by atoms with Gasteiger partial charge in [0.2, 0.25) is 0 Å². The molecular formula is C12H15FO4S. The molecule has 0 saturated heterocycles. The van der Waals surface area contributed by atoms with Crippen LogP contribution in [0.2, 0.25) is 0 Å². The second kappa shape index (κ2) is 5.06. The Morgan fingerprint density at radius 1 is 1.44 bits per heavy atom. The second-order valence-corrected chi connectivity index (χ2v) is 6.41. The molecule has 0 aliphatic carbocycles. The highest BCUT2D eigenvalue weighted by atomic mass is 32.2. The van der Waals surface area contributed by atoms with E-state index in [0.717, 1.165) is 12.3 Å². The van der Waals surface area contributed by atoms with Crippen LogP contribution < -0.4 is 0 Å². The number of carbonyl (C=O) groups is 1. The topological polar surface area (TPSA) is 71.4 Å². The Morgan fingerprint density at radius 2 is 2.00 bits per heavy atom. The Bertz CT molecular complexity index is 578. The standard InChI is InChI=1S/C12H15FO4S/c1-7-5-10(13)9(4-8(2)12(14)15)6-11(7)18(3,16)17/h5-6,8H,4H2,1-3H3,(H,14,15). The average Bonchev–Trinajstić information content (AvgIpc) is 2.19. The normalized spacial score (nSPS) is 13.3. The molecule has 0 bridgehead atoms. The summed E-state index contributed by atoms with van der Waals surface area (Å²) >= 11 is 0. The summed E-state index contributed by atoms with van der Waals surface area (Å²) in [4.78, 5) is 10.8. The van der Waals surface area contributed by atoms with Gasteiger partial charge < -0.3 is 5.11 Å². The monoisotopic (exact) mass is 274 g/mol. The van der Waals surface area contributed by atoms with E-state index in [2.05, 4.69) is 0 Å². The minimum Gasteiger partial charge on any atom is -0.481 e. The van der Waals surface area contributed by atoms with E-state index in [4.69, 9.17) is 5.11 Å². The zero-order valence-electron chi connectivity index (χ0n) is 10.4. The van der Waals surface area contributed by atoms with Crippen molar-refractivity contribution in [1.82, 2.24) is 0 Å². The molecule has 0 saturated carbocycles. The summed E-state index contributed by atoms with van der Waals surface area (Å²) < 4.78 is 36.7. The average molecular weight is 274 g/mol. The van der Waals surface area contributed by atoms with Crippen molar-refractivity contribution in [2.24, 2.45) is 5.92 Å². The molecule has 1 unspecified atom stereocenters. The molecule has 0 aliphatic rings. The first kappa shape index (κ1) is 14.6. The lowest BCUT2D eigenvalue weighted by Gasteiger charge is -2.11. The Labute approximate surface area is 105 Å². The summed E-state index contributed by atoms with van der Waals surface area (Å²) in [7, 11) is -3.44. The van der Waals surface area contributed by atoms with Crippen LogP contribution in [0.25, 0.3) is 0 Å². The molecule has 0 amide bonds. The summed E-state index contributed by atoms with van der Waals surface area (Å²) in [6.07, 6.45) is 1.00. The summed E-state index contributed by atoms with van der Waals surface area (Å²) in [5.41, 5.74) is 0.428. The van der Waals surface area contributed by atoms with E-state index in [0.29, 0.717) is 5.56 Å². The van der Waals surface area contributed by atoms with E-state index in [-0.39, 0.29) is 16.9 Å². The predicted molar refractivity (Wildman–Crippen MR) is 64.8 cm³/mol. The van der Waals surface area contributed by atoms with Gasteiger partial charge in [-0.2, -0.15) is 0 Å². The smallest absolute Gasteiger partial charge is 0.306 e. The zero-order chi connectivity index (χ0) is 14.1. The fourth-order valence-electron chi connectivity index (χ4n) is 1.67. The molecule has 4 nitrogen and oxygen atoms in total. The number of benzene rings is 1. The molecule has 100 valence electrons. The van der Waals surface area contributed by atoms with Gasteiger partial charge in [-0.05, 0) is 36.6 Å². The van der Waals surface area contributed by atoms with Crippen LogP contribution in [0, 0.1) is 18.7 Å². The van der Waals surface area contributed by atoms with Crippen LogP contribution in [-0.4, -0.2) is 25.7 Å². The number of carboxylic acid groups (broad SMARTS) is 1. The molecule has 1 aromatic carbocycles. The molecule has 0 radical (unpaired) electrons. The van der Waals surface area contributed by atoms with Crippen LogP contribution in [0.5, 0.6) is 0 Å². The van der Waals surface area contributed by atoms with Crippen molar-refractivity contribution in [3.8, 4) is 0 Å². The molecule has 1 rings (SSSR count). The highest BCUT2D eigenvalue weighted by Gasteiger charge is 2.18. The molecule has 0 aliphatic heterocycles. The quantitative estimate of drug-likeness (QED) is 0.850. The lowest BCUT2D eigenvalue weighted by molar-refractivity contribution is -0.141. The van der Waals surface area contributed by atoms with E-state index in [1.807, 2.05) is 0 Å². The molecule has 6 heteroatoms. The maximum absolute atomic E-state index is 13.7. The molecular weight excluding hydrogens is 259 g/mol. The van der Waals surface area contributed by atoms with Crippen molar-refractivity contribution < 1.29 is 22.7 Å². The fourth-order valence-corrected chi connectivity index (χ4v) is 2.67. The van der Waals surface area contributed by atoms with Crippen LogP contribution in [0.1, 0.15) is 18.1 Å². The minimum absolute atomic E-state index is 0.0377. The Morgan fingerprint density at radius 3 is 2.44 bits per heavy atom. The lowest BCUT2D eigenvalue weighted by atomic mass is 10.00. The molecule has 0 heterocycles. The van der Waals surface area contributed by atoms with Gasteiger partial charge in [-0.1, -0.05) is 6.92 Å². The zero-order valence-corrected chi connectivity index (χ0v) is 11.2. The third-order valence-corrected chi connectivity index (χ3v) is 3.93. The highest BCUT2D eigenvalue weighted by molar-refractivity contribution is 7.90. The van der Waals surface area contributed by atoms with Crippen LogP contribution in [-0.2, 0) is 21.1 Å². The van der Waals surface area contributed by atoms with Gasteiger partial charge in [0.05, 0.1) is 10.8 Å². The maximum atomic E-state index is 13.7. The van der Waals surface area contributed by atoms with Crippen LogP contribution in [0.4, 0.5) is 4.39 Å². The largest absolute Gasteiger partial charge is 0.481 e. The number of hydrogen-bond donors (Lipinski definition) is 1. The Kier molecular flexibility index (Phi) is 4.11. The van der Waals surface area contributed by atoms with Crippen molar-refractivity contribution >= 4 is 15.8 Å². The van der Waals surface area contributed by atoms with E-state index in [1.165, 1.54) is 19.9 Å². The van der Waals surface area contributed by atoms with E-state index >= 15 is 0 Å². The summed E-state index contributed by atoms with van der Waals surface area (Å²) in [6, 6.07) is 2.35. The molecule has 0 fully saturated rings. The number of halogens is 1. The lowest BCUT2D eigenvalue weighted by Crippen LogP contribution is -2.14. The molecule has 0 spiro atoms. The van der Waals surface area contributed by atoms with E-state index < -0.39 is 27.5 Å². The summed E-state index contributed by atoms with van der Waals surface area (Å²) in [5.74, 6) is -2.39. The van der Waals surface area contributed by atoms with Gasteiger partial charge >= 0.3 is 5.97 Å². The molecule has 1 aromatic rings. The number of aliphatic carboxylic acids is 1. The SMILES string of the molecule is Cc1cc(F)c(CC(C)C(=O)O)cc1S(C)(=O)=O. The Balaban J connectivity index is 3.26. The van der Waals surface area contributed by atoms with Crippen molar-refractivity contribution in [1.29, 1.82) is 0 Å². The first-order valence-corrected chi connectivity index (χ1v) is 7.24. The number of rotatable bonds is 4. The summed E-state index contributed by atoms with van der Waals surface area (Å²) in [5, 5.41) is 8.78. The molecule has 18 heavy (non-hydrogen) atoms. The van der Waals surface area contributed by atoms with Crippen LogP contribution in [0.15, 0.2) is 17.0 Å². The Hall–Kier alpha value is -1.43. The van der Waals surface area contributed by atoms with E-state index in [1.54, 1.807) is 0 Å². The number of hydrogen-bond acceptors (Lipinski definition) is 3. The first-order valence-electron chi connectivity index (χ1n) is 5.34. The van der Waals surface area contributed by atoms with Gasteiger partial charge in [0.25, 0.3) is 0 Å². The fraction of sp³-hybridized carbons (Fsp3) is 0.417.